The lowest BCUT2D eigenvalue weighted by Gasteiger charge is -2.19. The van der Waals surface area contributed by atoms with Gasteiger partial charge in [0.15, 0.2) is 0 Å². The zero-order valence-electron chi connectivity index (χ0n) is 9.27. The van der Waals surface area contributed by atoms with Gasteiger partial charge in [-0.1, -0.05) is 17.7 Å². The van der Waals surface area contributed by atoms with Crippen LogP contribution in [0.1, 0.15) is 6.92 Å². The summed E-state index contributed by atoms with van der Waals surface area (Å²) in [5, 5.41) is 12.4. The Morgan fingerprint density at radius 3 is 2.88 bits per heavy atom. The minimum atomic E-state index is -0.546. The maximum Gasteiger partial charge on any atom is 0.321 e. The van der Waals surface area contributed by atoms with Crippen LogP contribution in [-0.4, -0.2) is 35.7 Å². The van der Waals surface area contributed by atoms with Crippen LogP contribution in [0.4, 0.5) is 10.5 Å². The first-order valence-electron chi connectivity index (χ1n) is 4.95. The lowest BCUT2D eigenvalue weighted by Crippen LogP contribution is -2.36. The number of hydrogen-bond donors (Lipinski definition) is 2. The molecule has 0 saturated heterocycles. The van der Waals surface area contributed by atoms with Gasteiger partial charge in [-0.15, -0.1) is 0 Å². The van der Waals surface area contributed by atoms with E-state index < -0.39 is 6.10 Å². The Morgan fingerprint density at radius 2 is 2.31 bits per heavy atom. The minimum Gasteiger partial charge on any atom is -0.392 e. The van der Waals surface area contributed by atoms with E-state index in [1.165, 1.54) is 4.90 Å². The smallest absolute Gasteiger partial charge is 0.321 e. The Bertz CT molecular complexity index is 369. The number of nitrogens with one attached hydrogen (secondary N) is 1. The normalized spacial score (nSPS) is 12.0. The summed E-state index contributed by atoms with van der Waals surface area (Å²) in [7, 11) is 1.62. The van der Waals surface area contributed by atoms with Crippen LogP contribution < -0.4 is 5.32 Å². The van der Waals surface area contributed by atoms with Gasteiger partial charge in [0.05, 0.1) is 6.10 Å². The van der Waals surface area contributed by atoms with Gasteiger partial charge in [-0.3, -0.25) is 0 Å². The fourth-order valence-electron chi connectivity index (χ4n) is 1.26. The summed E-state index contributed by atoms with van der Waals surface area (Å²) in [5.74, 6) is 0. The Morgan fingerprint density at radius 1 is 1.62 bits per heavy atom. The summed E-state index contributed by atoms with van der Waals surface area (Å²) in [5.41, 5.74) is 0.634. The van der Waals surface area contributed by atoms with E-state index in [2.05, 4.69) is 5.32 Å². The number of aliphatic hydroxyl groups is 1. The Labute approximate surface area is 99.8 Å². The van der Waals surface area contributed by atoms with Crippen LogP contribution in [0.25, 0.3) is 0 Å². The van der Waals surface area contributed by atoms with Crippen molar-refractivity contribution in [2.24, 2.45) is 0 Å². The van der Waals surface area contributed by atoms with E-state index in [1.54, 1.807) is 38.2 Å². The first kappa shape index (κ1) is 12.8. The molecule has 0 aromatic heterocycles. The highest BCUT2D eigenvalue weighted by molar-refractivity contribution is 6.30. The van der Waals surface area contributed by atoms with Gasteiger partial charge in [0.25, 0.3) is 0 Å². The molecule has 0 unspecified atom stereocenters. The van der Waals surface area contributed by atoms with Crippen molar-refractivity contribution in [1.29, 1.82) is 0 Å². The molecule has 16 heavy (non-hydrogen) atoms. The van der Waals surface area contributed by atoms with Crippen molar-refractivity contribution in [1.82, 2.24) is 4.90 Å². The molecular weight excluding hydrogens is 228 g/mol. The lowest BCUT2D eigenvalue weighted by molar-refractivity contribution is 0.149. The summed E-state index contributed by atoms with van der Waals surface area (Å²) < 4.78 is 0. The van der Waals surface area contributed by atoms with E-state index >= 15 is 0 Å². The maximum atomic E-state index is 11.6. The Kier molecular flexibility index (Phi) is 4.58. The number of carbonyl (C=O) groups excluding carboxylic acids is 1. The van der Waals surface area contributed by atoms with Gasteiger partial charge in [-0.25, -0.2) is 4.79 Å². The average Bonchev–Trinajstić information content (AvgIpc) is 2.16. The van der Waals surface area contributed by atoms with E-state index in [0.717, 1.165) is 0 Å². The number of amides is 2. The second kappa shape index (κ2) is 5.72. The molecule has 1 aromatic carbocycles. The van der Waals surface area contributed by atoms with Crippen molar-refractivity contribution in [2.45, 2.75) is 13.0 Å². The summed E-state index contributed by atoms with van der Waals surface area (Å²) in [6, 6.07) is 6.63. The standard InChI is InChI=1S/C11H15ClN2O2/c1-8(15)7-14(2)11(16)13-10-5-3-4-9(12)6-10/h3-6,8,15H,7H2,1-2H3,(H,13,16)/t8-/m1/s1. The van der Waals surface area contributed by atoms with E-state index in [4.69, 9.17) is 16.7 Å². The SMILES string of the molecule is C[C@@H](O)CN(C)C(=O)Nc1cccc(Cl)c1. The molecule has 0 bridgehead atoms. The molecule has 88 valence electrons. The van der Waals surface area contributed by atoms with Gasteiger partial charge in [0.1, 0.15) is 0 Å². The number of nitrogens with zero attached hydrogens (tertiary/aromatic N) is 1. The van der Waals surface area contributed by atoms with Crippen LogP contribution in [-0.2, 0) is 0 Å². The number of benzene rings is 1. The molecule has 0 aliphatic rings. The molecule has 0 spiro atoms. The Hall–Kier alpha value is -1.26. The molecule has 1 atom stereocenters. The van der Waals surface area contributed by atoms with Crippen molar-refractivity contribution >= 4 is 23.3 Å². The van der Waals surface area contributed by atoms with Crippen molar-refractivity contribution in [3.63, 3.8) is 0 Å². The van der Waals surface area contributed by atoms with Gasteiger partial charge in [-0.05, 0) is 25.1 Å². The van der Waals surface area contributed by atoms with Crippen LogP contribution in [0.3, 0.4) is 0 Å². The van der Waals surface area contributed by atoms with Crippen molar-refractivity contribution in [3.05, 3.63) is 29.3 Å². The van der Waals surface area contributed by atoms with E-state index in [0.29, 0.717) is 10.7 Å². The first-order valence-corrected chi connectivity index (χ1v) is 5.32. The monoisotopic (exact) mass is 242 g/mol. The van der Waals surface area contributed by atoms with E-state index in [1.807, 2.05) is 0 Å². The number of hydrogen-bond acceptors (Lipinski definition) is 2. The summed E-state index contributed by atoms with van der Waals surface area (Å²) in [6.07, 6.45) is -0.546. The van der Waals surface area contributed by atoms with Gasteiger partial charge in [0, 0.05) is 24.3 Å². The van der Waals surface area contributed by atoms with Gasteiger partial charge < -0.3 is 15.3 Å². The molecule has 0 aliphatic carbocycles. The maximum absolute atomic E-state index is 11.6. The number of likely N-dealkylation sites (N-methyl/N-ethyl adjacent to an activating group) is 1. The molecule has 5 heteroatoms. The molecular formula is C11H15ClN2O2. The predicted octanol–water partition coefficient (Wildman–Crippen LogP) is 2.18. The summed E-state index contributed by atoms with van der Waals surface area (Å²) in [4.78, 5) is 13.0. The van der Waals surface area contributed by atoms with Crippen LogP contribution >= 0.6 is 11.6 Å². The average molecular weight is 243 g/mol. The molecule has 1 aromatic rings. The third-order valence-electron chi connectivity index (χ3n) is 1.96. The van der Waals surface area contributed by atoms with Crippen molar-refractivity contribution in [3.8, 4) is 0 Å². The van der Waals surface area contributed by atoms with E-state index in [-0.39, 0.29) is 12.6 Å². The van der Waals surface area contributed by atoms with Crippen molar-refractivity contribution in [2.75, 3.05) is 18.9 Å². The number of urea groups is 1. The topological polar surface area (TPSA) is 52.6 Å². The molecule has 2 amide bonds. The largest absolute Gasteiger partial charge is 0.392 e. The molecule has 0 heterocycles. The number of carbonyl (C=O) groups is 1. The molecule has 4 nitrogen and oxygen atoms in total. The predicted molar refractivity (Wildman–Crippen MR) is 64.8 cm³/mol. The van der Waals surface area contributed by atoms with Crippen molar-refractivity contribution < 1.29 is 9.90 Å². The quantitative estimate of drug-likeness (QED) is 0.854. The zero-order valence-corrected chi connectivity index (χ0v) is 10.0. The minimum absolute atomic E-state index is 0.275. The molecule has 0 aliphatic heterocycles. The number of halogens is 1. The van der Waals surface area contributed by atoms with E-state index in [9.17, 15) is 4.79 Å². The van der Waals surface area contributed by atoms with Gasteiger partial charge in [0.2, 0.25) is 0 Å². The van der Waals surface area contributed by atoms with Crippen LogP contribution in [0.15, 0.2) is 24.3 Å². The van der Waals surface area contributed by atoms with Gasteiger partial charge >= 0.3 is 6.03 Å². The number of aliphatic hydroxyl groups excluding tert-OH is 1. The highest BCUT2D eigenvalue weighted by atomic mass is 35.5. The number of rotatable bonds is 3. The first-order chi connectivity index (χ1) is 7.49. The number of anilines is 1. The molecule has 0 saturated carbocycles. The fraction of sp³-hybridized carbons (Fsp3) is 0.364. The highest BCUT2D eigenvalue weighted by Gasteiger charge is 2.10. The third-order valence-corrected chi connectivity index (χ3v) is 2.20. The lowest BCUT2D eigenvalue weighted by atomic mass is 10.3. The molecule has 0 fully saturated rings. The van der Waals surface area contributed by atoms with Crippen LogP contribution in [0, 0.1) is 0 Å². The summed E-state index contributed by atoms with van der Waals surface area (Å²) >= 11 is 5.79. The van der Waals surface area contributed by atoms with Crippen LogP contribution in [0.2, 0.25) is 5.02 Å². The molecule has 1 rings (SSSR count). The summed E-state index contributed by atoms with van der Waals surface area (Å²) in [6.45, 7) is 1.91. The molecule has 0 radical (unpaired) electrons. The third kappa shape index (κ3) is 4.08. The highest BCUT2D eigenvalue weighted by Crippen LogP contribution is 2.15. The van der Waals surface area contributed by atoms with Crippen LogP contribution in [0.5, 0.6) is 0 Å². The second-order valence-corrected chi connectivity index (χ2v) is 4.11. The Balaban J connectivity index is 2.57. The van der Waals surface area contributed by atoms with Gasteiger partial charge in [-0.2, -0.15) is 0 Å². The fourth-order valence-corrected chi connectivity index (χ4v) is 1.45. The second-order valence-electron chi connectivity index (χ2n) is 3.67. The zero-order chi connectivity index (χ0) is 12.1. The molecule has 2 N–H and O–H groups in total.